The van der Waals surface area contributed by atoms with Crippen molar-refractivity contribution in [2.45, 2.75) is 32.6 Å². The molecule has 0 unspecified atom stereocenters. The van der Waals surface area contributed by atoms with Gasteiger partial charge in [-0.1, -0.05) is 20.8 Å². The summed E-state index contributed by atoms with van der Waals surface area (Å²) in [5.74, 6) is 0.477. The van der Waals surface area contributed by atoms with Crippen LogP contribution in [-0.2, 0) is 5.41 Å². The van der Waals surface area contributed by atoms with E-state index in [-0.39, 0.29) is 5.41 Å². The van der Waals surface area contributed by atoms with Crippen LogP contribution in [0.3, 0.4) is 0 Å². The van der Waals surface area contributed by atoms with Crippen molar-refractivity contribution in [1.29, 1.82) is 0 Å². The molecule has 66 valence electrons. The van der Waals surface area contributed by atoms with Gasteiger partial charge in [-0.2, -0.15) is 0 Å². The maximum atomic E-state index is 5.44. The molecule has 0 aliphatic rings. The number of nitrogen functional groups attached to an aromatic ring is 1. The van der Waals surface area contributed by atoms with Crippen LogP contribution in [-0.4, -0.2) is 9.97 Å². The van der Waals surface area contributed by atoms with Crippen molar-refractivity contribution in [1.82, 2.24) is 9.97 Å². The van der Waals surface area contributed by atoms with Gasteiger partial charge < -0.3 is 5.73 Å². The Morgan fingerprint density at radius 2 is 2.00 bits per heavy atom. The zero-order valence-electron chi connectivity index (χ0n) is 7.83. The normalized spacial score (nSPS) is 11.6. The molecule has 2 N–H and O–H groups in total. The monoisotopic (exact) mass is 165 g/mol. The lowest BCUT2D eigenvalue weighted by molar-refractivity contribution is 0.488. The first-order valence-electron chi connectivity index (χ1n) is 4.14. The predicted molar refractivity (Wildman–Crippen MR) is 49.8 cm³/mol. The average Bonchev–Trinajstić information content (AvgIpc) is 2.05. The maximum absolute atomic E-state index is 5.44. The number of aromatic nitrogens is 2. The summed E-state index contributed by atoms with van der Waals surface area (Å²) in [5.41, 5.74) is 6.53. The fourth-order valence-electron chi connectivity index (χ4n) is 0.869. The summed E-state index contributed by atoms with van der Waals surface area (Å²) in [6, 6.07) is 0. The number of hydrogen-bond acceptors (Lipinski definition) is 3. The second-order valence-electron chi connectivity index (χ2n) is 3.56. The van der Waals surface area contributed by atoms with Crippen molar-refractivity contribution in [3.63, 3.8) is 0 Å². The molecule has 0 aliphatic carbocycles. The van der Waals surface area contributed by atoms with Crippen LogP contribution in [0.5, 0.6) is 0 Å². The van der Waals surface area contributed by atoms with Gasteiger partial charge in [0.15, 0.2) is 0 Å². The smallest absolute Gasteiger partial charge is 0.141 e. The Hall–Kier alpha value is -1.12. The zero-order valence-corrected chi connectivity index (χ0v) is 7.83. The molecule has 3 nitrogen and oxygen atoms in total. The molecule has 1 rings (SSSR count). The summed E-state index contributed by atoms with van der Waals surface area (Å²) >= 11 is 0. The van der Waals surface area contributed by atoms with Gasteiger partial charge in [0.25, 0.3) is 0 Å². The summed E-state index contributed by atoms with van der Waals surface area (Å²) in [5, 5.41) is 0. The third-order valence-electron chi connectivity index (χ3n) is 2.25. The van der Waals surface area contributed by atoms with E-state index in [1.807, 2.05) is 0 Å². The molecule has 0 atom stereocenters. The number of hydrogen-bond donors (Lipinski definition) is 1. The topological polar surface area (TPSA) is 51.8 Å². The number of nitrogens with zero attached hydrogens (tertiary/aromatic N) is 2. The maximum Gasteiger partial charge on any atom is 0.141 e. The van der Waals surface area contributed by atoms with Crippen molar-refractivity contribution in [2.75, 3.05) is 5.73 Å². The van der Waals surface area contributed by atoms with E-state index in [1.165, 1.54) is 0 Å². The minimum absolute atomic E-state index is 0.0979. The van der Waals surface area contributed by atoms with Crippen LogP contribution in [0.4, 0.5) is 5.82 Å². The van der Waals surface area contributed by atoms with Gasteiger partial charge in [0.05, 0.1) is 18.1 Å². The molecule has 0 saturated carbocycles. The molecule has 0 spiro atoms. The van der Waals surface area contributed by atoms with Crippen LogP contribution in [0, 0.1) is 0 Å². The van der Waals surface area contributed by atoms with Crippen molar-refractivity contribution >= 4 is 5.82 Å². The van der Waals surface area contributed by atoms with Gasteiger partial charge in [-0.15, -0.1) is 0 Å². The largest absolute Gasteiger partial charge is 0.382 e. The summed E-state index contributed by atoms with van der Waals surface area (Å²) in [7, 11) is 0. The Morgan fingerprint density at radius 3 is 2.42 bits per heavy atom. The van der Waals surface area contributed by atoms with E-state index in [1.54, 1.807) is 12.4 Å². The van der Waals surface area contributed by atoms with Crippen LogP contribution in [0.1, 0.15) is 32.9 Å². The highest BCUT2D eigenvalue weighted by atomic mass is 14.9. The Labute approximate surface area is 73.0 Å². The van der Waals surface area contributed by atoms with Crippen LogP contribution in [0.15, 0.2) is 12.4 Å². The molecule has 0 saturated heterocycles. The number of rotatable bonds is 2. The number of anilines is 1. The third-order valence-corrected chi connectivity index (χ3v) is 2.25. The molecule has 3 heteroatoms. The molecule has 0 radical (unpaired) electrons. The van der Waals surface area contributed by atoms with E-state index in [0.717, 1.165) is 12.1 Å². The van der Waals surface area contributed by atoms with Gasteiger partial charge in [-0.25, -0.2) is 4.98 Å². The van der Waals surface area contributed by atoms with Gasteiger partial charge >= 0.3 is 0 Å². The fraction of sp³-hybridized carbons (Fsp3) is 0.556. The van der Waals surface area contributed by atoms with Crippen LogP contribution >= 0.6 is 0 Å². The Bertz CT molecular complexity index is 251. The molecule has 0 amide bonds. The molecule has 0 aliphatic heterocycles. The molecular formula is C9H15N3. The van der Waals surface area contributed by atoms with Crippen molar-refractivity contribution in [3.8, 4) is 0 Å². The molecule has 0 aromatic carbocycles. The summed E-state index contributed by atoms with van der Waals surface area (Å²) < 4.78 is 0. The molecule has 0 bridgehead atoms. The first-order valence-corrected chi connectivity index (χ1v) is 4.14. The summed E-state index contributed by atoms with van der Waals surface area (Å²) in [4.78, 5) is 8.24. The molecule has 12 heavy (non-hydrogen) atoms. The highest BCUT2D eigenvalue weighted by Crippen LogP contribution is 2.23. The van der Waals surface area contributed by atoms with Crippen molar-refractivity contribution < 1.29 is 0 Å². The lowest BCUT2D eigenvalue weighted by atomic mass is 9.87. The van der Waals surface area contributed by atoms with E-state index >= 15 is 0 Å². The quantitative estimate of drug-likeness (QED) is 0.726. The fourth-order valence-corrected chi connectivity index (χ4v) is 0.869. The molecule has 1 aromatic heterocycles. The zero-order chi connectivity index (χ0) is 9.19. The molecule has 1 aromatic rings. The predicted octanol–water partition coefficient (Wildman–Crippen LogP) is 1.75. The second-order valence-corrected chi connectivity index (χ2v) is 3.56. The van der Waals surface area contributed by atoms with Gasteiger partial charge in [0.1, 0.15) is 5.82 Å². The molecule has 1 heterocycles. The minimum atomic E-state index is 0.0979. The minimum Gasteiger partial charge on any atom is -0.382 e. The van der Waals surface area contributed by atoms with Crippen LogP contribution < -0.4 is 5.73 Å². The number of nitrogens with two attached hydrogens (primary N) is 1. The van der Waals surface area contributed by atoms with Gasteiger partial charge in [-0.05, 0) is 6.42 Å². The van der Waals surface area contributed by atoms with E-state index in [9.17, 15) is 0 Å². The van der Waals surface area contributed by atoms with E-state index in [2.05, 4.69) is 30.7 Å². The van der Waals surface area contributed by atoms with Crippen molar-refractivity contribution in [2.24, 2.45) is 0 Å². The lowest BCUT2D eigenvalue weighted by Crippen LogP contribution is -2.17. The molecular weight excluding hydrogens is 150 g/mol. The van der Waals surface area contributed by atoms with E-state index in [0.29, 0.717) is 5.82 Å². The first kappa shape index (κ1) is 8.97. The van der Waals surface area contributed by atoms with E-state index < -0.39 is 0 Å². The third kappa shape index (κ3) is 1.72. The summed E-state index contributed by atoms with van der Waals surface area (Å²) in [6.07, 6.45) is 4.40. The van der Waals surface area contributed by atoms with Crippen LogP contribution in [0.2, 0.25) is 0 Å². The Balaban J connectivity index is 2.96. The summed E-state index contributed by atoms with van der Waals surface area (Å²) in [6.45, 7) is 6.43. The van der Waals surface area contributed by atoms with Gasteiger partial charge in [-0.3, -0.25) is 4.98 Å². The highest BCUT2D eigenvalue weighted by Gasteiger charge is 2.19. The lowest BCUT2D eigenvalue weighted by Gasteiger charge is -2.20. The van der Waals surface area contributed by atoms with Gasteiger partial charge in [0.2, 0.25) is 0 Å². The highest BCUT2D eigenvalue weighted by molar-refractivity contribution is 5.24. The van der Waals surface area contributed by atoms with Crippen LogP contribution in [0.25, 0.3) is 0 Å². The van der Waals surface area contributed by atoms with Gasteiger partial charge in [0, 0.05) is 5.41 Å². The van der Waals surface area contributed by atoms with Crippen molar-refractivity contribution in [3.05, 3.63) is 18.1 Å². The average molecular weight is 165 g/mol. The van der Waals surface area contributed by atoms with E-state index in [4.69, 9.17) is 5.73 Å². The standard InChI is InChI=1S/C9H15N3/c1-4-9(2,3)7-5-12-8(10)6-11-7/h5-6H,4H2,1-3H3,(H2,10,12). The Kier molecular flexibility index (Phi) is 2.31. The molecule has 0 fully saturated rings. The SMILES string of the molecule is CCC(C)(C)c1cnc(N)cn1. The Morgan fingerprint density at radius 1 is 1.33 bits per heavy atom. The first-order chi connectivity index (χ1) is 5.56. The second kappa shape index (κ2) is 3.09.